The van der Waals surface area contributed by atoms with Crippen LogP contribution in [0.4, 0.5) is 11.4 Å². The fourth-order valence-corrected chi connectivity index (χ4v) is 11.9. The van der Waals surface area contributed by atoms with Crippen molar-refractivity contribution in [1.82, 2.24) is 0 Å². The average Bonchev–Trinajstić information content (AvgIpc) is 3.75. The van der Waals surface area contributed by atoms with E-state index in [1.807, 2.05) is 0 Å². The first kappa shape index (κ1) is 36.2. The Morgan fingerprint density at radius 3 is 1.93 bits per heavy atom. The number of hydrogen-bond acceptors (Lipinski definition) is 2. The van der Waals surface area contributed by atoms with Crippen molar-refractivity contribution >= 4 is 44.5 Å². The second-order valence-electron chi connectivity index (χ2n) is 18.4. The summed E-state index contributed by atoms with van der Waals surface area (Å²) in [5.41, 5.74) is 10.6. The van der Waals surface area contributed by atoms with E-state index in [0.717, 1.165) is 31.0 Å². The minimum absolute atomic E-state index is 0.0516. The molecule has 4 aromatic carbocycles. The SMILES string of the molecule is CC(C)CCN1C(=CC2=C(Cl)/C(=C/C3N(CCC(C)C)c4ccc5ccccc5c4C34CCCCC4)CC2)C2(CCCCC2)c2c1ccc1ccccc21. The molecule has 282 valence electrons. The lowest BCUT2D eigenvalue weighted by Gasteiger charge is -2.41. The number of anilines is 2. The van der Waals surface area contributed by atoms with Gasteiger partial charge in [-0.05, 0) is 125 Å². The summed E-state index contributed by atoms with van der Waals surface area (Å²) in [6, 6.07) is 28.3. The molecule has 0 radical (unpaired) electrons. The van der Waals surface area contributed by atoms with Crippen LogP contribution in [0.3, 0.4) is 0 Å². The largest absolute Gasteiger partial charge is 0.364 e. The Bertz CT molecular complexity index is 2140. The molecule has 2 nitrogen and oxygen atoms in total. The summed E-state index contributed by atoms with van der Waals surface area (Å²) in [6.45, 7) is 11.7. The number of fused-ring (bicyclic) bond motifs is 8. The Balaban J connectivity index is 1.17. The van der Waals surface area contributed by atoms with Crippen LogP contribution in [0.5, 0.6) is 0 Å². The lowest BCUT2D eigenvalue weighted by atomic mass is 9.65. The van der Waals surface area contributed by atoms with Gasteiger partial charge in [0.05, 0.1) is 6.04 Å². The monoisotopic (exact) mass is 736 g/mol. The molecule has 1 unspecified atom stereocenters. The van der Waals surface area contributed by atoms with Gasteiger partial charge < -0.3 is 9.80 Å². The highest BCUT2D eigenvalue weighted by molar-refractivity contribution is 6.33. The summed E-state index contributed by atoms with van der Waals surface area (Å²) >= 11 is 7.75. The van der Waals surface area contributed by atoms with E-state index < -0.39 is 0 Å². The number of allylic oxidation sites excluding steroid dienone is 5. The van der Waals surface area contributed by atoms with E-state index in [4.69, 9.17) is 11.6 Å². The first-order valence-corrected chi connectivity index (χ1v) is 22.1. The Kier molecular flexibility index (Phi) is 9.74. The fraction of sp³-hybridized carbons (Fsp3) is 0.490. The van der Waals surface area contributed by atoms with E-state index in [1.54, 1.807) is 11.1 Å². The molecular weight excluding hydrogens is 676 g/mol. The van der Waals surface area contributed by atoms with Gasteiger partial charge in [0.2, 0.25) is 0 Å². The number of nitrogens with zero attached hydrogens (tertiary/aromatic N) is 2. The van der Waals surface area contributed by atoms with Crippen LogP contribution in [0.15, 0.2) is 107 Å². The molecule has 3 aliphatic carbocycles. The molecule has 0 saturated heterocycles. The van der Waals surface area contributed by atoms with Gasteiger partial charge in [-0.2, -0.15) is 0 Å². The normalized spacial score (nSPS) is 23.4. The molecule has 2 fully saturated rings. The van der Waals surface area contributed by atoms with Crippen LogP contribution in [0.25, 0.3) is 21.5 Å². The number of hydrogen-bond donors (Lipinski definition) is 0. The lowest BCUT2D eigenvalue weighted by molar-refractivity contribution is 0.277. The lowest BCUT2D eigenvalue weighted by Crippen LogP contribution is -2.45. The fourth-order valence-electron chi connectivity index (χ4n) is 11.6. The van der Waals surface area contributed by atoms with Crippen molar-refractivity contribution in [3.05, 3.63) is 118 Å². The summed E-state index contributed by atoms with van der Waals surface area (Å²) in [5.74, 6) is 1.32. The van der Waals surface area contributed by atoms with Gasteiger partial charge >= 0.3 is 0 Å². The Morgan fingerprint density at radius 2 is 1.26 bits per heavy atom. The quantitative estimate of drug-likeness (QED) is 0.178. The van der Waals surface area contributed by atoms with E-state index in [9.17, 15) is 0 Å². The third kappa shape index (κ3) is 5.96. The van der Waals surface area contributed by atoms with Gasteiger partial charge in [0.15, 0.2) is 0 Å². The zero-order valence-electron chi connectivity index (χ0n) is 33.4. The van der Waals surface area contributed by atoms with Crippen LogP contribution < -0.4 is 9.80 Å². The predicted molar refractivity (Wildman–Crippen MR) is 233 cm³/mol. The maximum absolute atomic E-state index is 7.75. The highest BCUT2D eigenvalue weighted by Crippen LogP contribution is 2.59. The van der Waals surface area contributed by atoms with Crippen molar-refractivity contribution in [3.8, 4) is 0 Å². The summed E-state index contributed by atoms with van der Waals surface area (Å²) < 4.78 is 0. The van der Waals surface area contributed by atoms with Gasteiger partial charge in [-0.15, -0.1) is 0 Å². The van der Waals surface area contributed by atoms with Crippen LogP contribution in [-0.2, 0) is 10.8 Å². The van der Waals surface area contributed by atoms with Crippen molar-refractivity contribution in [3.63, 3.8) is 0 Å². The minimum Gasteiger partial charge on any atom is -0.364 e. The summed E-state index contributed by atoms with van der Waals surface area (Å²) in [7, 11) is 0. The molecule has 1 atom stereocenters. The third-order valence-corrected chi connectivity index (χ3v) is 14.8. The first-order valence-electron chi connectivity index (χ1n) is 21.7. The average molecular weight is 738 g/mol. The zero-order valence-corrected chi connectivity index (χ0v) is 34.2. The van der Waals surface area contributed by atoms with Crippen molar-refractivity contribution in [2.75, 3.05) is 22.9 Å². The highest BCUT2D eigenvalue weighted by atomic mass is 35.5. The van der Waals surface area contributed by atoms with Gasteiger partial charge in [-0.1, -0.05) is 145 Å². The molecule has 2 heterocycles. The van der Waals surface area contributed by atoms with E-state index in [2.05, 4.69) is 122 Å². The maximum atomic E-state index is 7.75. The molecule has 0 amide bonds. The molecule has 9 rings (SSSR count). The van der Waals surface area contributed by atoms with E-state index in [-0.39, 0.29) is 10.8 Å². The minimum atomic E-state index is 0.0516. The molecule has 0 N–H and O–H groups in total. The van der Waals surface area contributed by atoms with Crippen LogP contribution in [-0.4, -0.2) is 19.1 Å². The predicted octanol–water partition coefficient (Wildman–Crippen LogP) is 14.3. The van der Waals surface area contributed by atoms with E-state index in [0.29, 0.717) is 17.9 Å². The number of benzene rings is 4. The molecule has 0 bridgehead atoms. The van der Waals surface area contributed by atoms with E-state index in [1.165, 1.54) is 127 Å². The molecule has 3 heteroatoms. The van der Waals surface area contributed by atoms with Crippen molar-refractivity contribution in [2.45, 2.75) is 134 Å². The first-order chi connectivity index (χ1) is 26.3. The van der Waals surface area contributed by atoms with Gasteiger partial charge in [0.25, 0.3) is 0 Å². The standard InChI is InChI=1S/C51H61ClN2/c1-35(2)25-31-53-43-23-21-37-15-7-9-17-41(37)47(43)50(27-11-5-12-28-50)45(53)33-39-19-20-40(49(39)52)34-46-51(29-13-6-14-30-51)48-42-18-10-8-16-38(42)22-24-44(48)54(46)32-26-36(3)4/h7-10,15-18,21-24,33-36,45H,5-6,11-14,19-20,25-32H2,1-4H3/b39-33+,46-34?. The van der Waals surface area contributed by atoms with Gasteiger partial charge in [-0.25, -0.2) is 0 Å². The molecule has 4 aromatic rings. The van der Waals surface area contributed by atoms with Crippen molar-refractivity contribution < 1.29 is 0 Å². The number of rotatable bonds is 8. The second-order valence-corrected chi connectivity index (χ2v) is 18.8. The Morgan fingerprint density at radius 1 is 0.667 bits per heavy atom. The molecule has 5 aliphatic rings. The van der Waals surface area contributed by atoms with Gasteiger partial charge in [0, 0.05) is 46.0 Å². The topological polar surface area (TPSA) is 6.48 Å². The van der Waals surface area contributed by atoms with E-state index >= 15 is 0 Å². The summed E-state index contributed by atoms with van der Waals surface area (Å²) in [5, 5.41) is 6.72. The van der Waals surface area contributed by atoms with Crippen LogP contribution in [0.2, 0.25) is 0 Å². The second kappa shape index (κ2) is 14.5. The molecular formula is C51H61ClN2. The van der Waals surface area contributed by atoms with Crippen LogP contribution >= 0.6 is 11.6 Å². The Hall–Kier alpha value is -3.49. The summed E-state index contributed by atoms with van der Waals surface area (Å²) in [4.78, 5) is 5.57. The highest BCUT2D eigenvalue weighted by Gasteiger charge is 2.52. The van der Waals surface area contributed by atoms with Crippen molar-refractivity contribution in [2.24, 2.45) is 11.8 Å². The molecule has 2 aliphatic heterocycles. The van der Waals surface area contributed by atoms with Gasteiger partial charge in [-0.3, -0.25) is 0 Å². The van der Waals surface area contributed by atoms with Crippen molar-refractivity contribution in [1.29, 1.82) is 0 Å². The molecule has 2 spiro atoms. The maximum Gasteiger partial charge on any atom is 0.0577 e. The Labute approximate surface area is 330 Å². The van der Waals surface area contributed by atoms with Gasteiger partial charge in [0.1, 0.15) is 0 Å². The number of halogens is 1. The zero-order chi connectivity index (χ0) is 37.0. The summed E-state index contributed by atoms with van der Waals surface area (Å²) in [6.07, 6.45) is 22.6. The third-order valence-electron chi connectivity index (χ3n) is 14.3. The van der Waals surface area contributed by atoms with Crippen LogP contribution in [0, 0.1) is 11.8 Å². The molecule has 0 aromatic heterocycles. The molecule has 2 saturated carbocycles. The van der Waals surface area contributed by atoms with Crippen LogP contribution in [0.1, 0.15) is 129 Å². The molecule has 54 heavy (non-hydrogen) atoms. The smallest absolute Gasteiger partial charge is 0.0577 e.